The van der Waals surface area contributed by atoms with Crippen molar-refractivity contribution in [1.29, 1.82) is 0 Å². The Hall–Kier alpha value is -2.22. The minimum Gasteiger partial charge on any atom is -0.486 e. The highest BCUT2D eigenvalue weighted by Crippen LogP contribution is 2.45. The fraction of sp³-hybridized carbons (Fsp3) is 0.500. The summed E-state index contributed by atoms with van der Waals surface area (Å²) in [5.41, 5.74) is -2.68. The van der Waals surface area contributed by atoms with Crippen LogP contribution in [0.1, 0.15) is 13.8 Å². The maximum atomic E-state index is 12.9. The lowest BCUT2D eigenvalue weighted by Crippen LogP contribution is -2.54. The molecule has 0 unspecified atom stereocenters. The highest BCUT2D eigenvalue weighted by atomic mass is 32.2. The summed E-state index contributed by atoms with van der Waals surface area (Å²) in [6.45, 7) is 0.828. The van der Waals surface area contributed by atoms with Gasteiger partial charge in [0.25, 0.3) is 10.0 Å². The zero-order chi connectivity index (χ0) is 21.4. The number of hydrogen-bond acceptors (Lipinski definition) is 5. The minimum absolute atomic E-state index is 0.0585. The van der Waals surface area contributed by atoms with E-state index in [1.54, 1.807) is 10.3 Å². The number of sulfonamides is 1. The molecule has 1 aliphatic heterocycles. The summed E-state index contributed by atoms with van der Waals surface area (Å²) in [5.74, 6) is -0.961. The molecule has 2 rings (SSSR count). The van der Waals surface area contributed by atoms with E-state index in [1.807, 2.05) is 0 Å². The van der Waals surface area contributed by atoms with Crippen molar-refractivity contribution in [1.82, 2.24) is 10.3 Å². The van der Waals surface area contributed by atoms with Crippen molar-refractivity contribution in [2.45, 2.75) is 36.6 Å². The van der Waals surface area contributed by atoms with Crippen LogP contribution < -0.4 is 19.7 Å². The Bertz CT molecular complexity index is 853. The zero-order valence-corrected chi connectivity index (χ0v) is 15.2. The summed E-state index contributed by atoms with van der Waals surface area (Å²) < 4.78 is 112. The van der Waals surface area contributed by atoms with Crippen LogP contribution in [0.25, 0.3) is 0 Å². The molecular formula is C14H15F6N3O4S. The van der Waals surface area contributed by atoms with Crippen LogP contribution in [0.3, 0.4) is 0 Å². The molecule has 0 atom stereocenters. The molecule has 28 heavy (non-hydrogen) atoms. The van der Waals surface area contributed by atoms with Crippen molar-refractivity contribution >= 4 is 15.9 Å². The molecule has 2 N–H and O–H groups in total. The Morgan fingerprint density at radius 1 is 1.07 bits per heavy atom. The summed E-state index contributed by atoms with van der Waals surface area (Å²) in [5, 5.41) is 0. The van der Waals surface area contributed by atoms with E-state index in [0.29, 0.717) is 0 Å². The third kappa shape index (κ3) is 4.27. The van der Waals surface area contributed by atoms with Crippen molar-refractivity contribution in [3.63, 3.8) is 0 Å². The summed E-state index contributed by atoms with van der Waals surface area (Å²) in [4.78, 5) is 3.86. The second-order valence-corrected chi connectivity index (χ2v) is 7.43. The van der Waals surface area contributed by atoms with Crippen LogP contribution in [0.5, 0.6) is 11.5 Å². The number of nitrogens with one attached hydrogen (secondary N) is 2. The van der Waals surface area contributed by atoms with E-state index in [1.165, 1.54) is 12.1 Å². The van der Waals surface area contributed by atoms with Crippen LogP contribution >= 0.6 is 0 Å². The predicted octanol–water partition coefficient (Wildman–Crippen LogP) is 2.54. The second-order valence-electron chi connectivity index (χ2n) is 5.78. The minimum atomic E-state index is -5.75. The lowest BCUT2D eigenvalue weighted by atomic mass is 10.0. The van der Waals surface area contributed by atoms with Gasteiger partial charge >= 0.3 is 12.4 Å². The van der Waals surface area contributed by atoms with Crippen molar-refractivity contribution in [2.75, 3.05) is 13.2 Å². The van der Waals surface area contributed by atoms with Crippen LogP contribution in [0.2, 0.25) is 0 Å². The maximum Gasteiger partial charge on any atom is 0.422 e. The van der Waals surface area contributed by atoms with Gasteiger partial charge in [-0.1, -0.05) is 6.07 Å². The monoisotopic (exact) mass is 435 g/mol. The number of benzene rings is 1. The SMILES string of the molecule is CC(=NC(C)(C(F)(F)F)C(F)(F)F)NNS(=O)(=O)c1cccc2c1OCCO2. The Labute approximate surface area is 155 Å². The Balaban J connectivity index is 2.26. The smallest absolute Gasteiger partial charge is 0.422 e. The Morgan fingerprint density at radius 2 is 1.64 bits per heavy atom. The first-order valence-corrected chi connectivity index (χ1v) is 9.04. The Kier molecular flexibility index (Phi) is 5.76. The summed E-state index contributed by atoms with van der Waals surface area (Å²) in [6.07, 6.45) is -11.5. The van der Waals surface area contributed by atoms with E-state index in [-0.39, 0.29) is 31.6 Å². The molecule has 0 saturated carbocycles. The molecule has 1 aliphatic rings. The van der Waals surface area contributed by atoms with Gasteiger partial charge in [0.2, 0.25) is 5.54 Å². The number of alkyl halides is 6. The fourth-order valence-electron chi connectivity index (χ4n) is 2.11. The number of halogens is 6. The van der Waals surface area contributed by atoms with Gasteiger partial charge in [-0.15, -0.1) is 4.83 Å². The average molecular weight is 435 g/mol. The second kappa shape index (κ2) is 7.31. The fourth-order valence-corrected chi connectivity index (χ4v) is 3.16. The van der Waals surface area contributed by atoms with E-state index in [4.69, 9.17) is 9.47 Å². The summed E-state index contributed by atoms with van der Waals surface area (Å²) in [7, 11) is -4.43. The van der Waals surface area contributed by atoms with E-state index in [2.05, 4.69) is 4.99 Å². The van der Waals surface area contributed by atoms with Gasteiger partial charge in [0.05, 0.1) is 0 Å². The lowest BCUT2D eigenvalue weighted by molar-refractivity contribution is -0.289. The van der Waals surface area contributed by atoms with Gasteiger partial charge in [0.1, 0.15) is 23.9 Å². The van der Waals surface area contributed by atoms with Crippen LogP contribution in [0, 0.1) is 0 Å². The average Bonchev–Trinajstić information content (AvgIpc) is 2.57. The molecule has 14 heteroatoms. The molecule has 0 saturated heterocycles. The molecule has 158 valence electrons. The molecular weight excluding hydrogens is 420 g/mol. The van der Waals surface area contributed by atoms with Gasteiger partial charge in [0.15, 0.2) is 11.5 Å². The summed E-state index contributed by atoms with van der Waals surface area (Å²) in [6, 6.07) is 3.89. The lowest BCUT2D eigenvalue weighted by Gasteiger charge is -2.30. The van der Waals surface area contributed by atoms with Crippen LogP contribution in [0.4, 0.5) is 26.3 Å². The molecule has 0 aliphatic carbocycles. The van der Waals surface area contributed by atoms with Crippen molar-refractivity contribution in [3.8, 4) is 11.5 Å². The van der Waals surface area contributed by atoms with E-state index >= 15 is 0 Å². The predicted molar refractivity (Wildman–Crippen MR) is 84.5 cm³/mol. The van der Waals surface area contributed by atoms with Gasteiger partial charge < -0.3 is 9.47 Å². The molecule has 0 fully saturated rings. The molecule has 1 aromatic carbocycles. The van der Waals surface area contributed by atoms with Gasteiger partial charge in [-0.05, 0) is 26.0 Å². The van der Waals surface area contributed by atoms with Gasteiger partial charge in [-0.25, -0.2) is 13.4 Å². The highest BCUT2D eigenvalue weighted by molar-refractivity contribution is 7.89. The van der Waals surface area contributed by atoms with Crippen LogP contribution in [-0.2, 0) is 10.0 Å². The molecule has 1 heterocycles. The highest BCUT2D eigenvalue weighted by Gasteiger charge is 2.68. The molecule has 0 spiro atoms. The molecule has 0 radical (unpaired) electrons. The Morgan fingerprint density at radius 3 is 2.21 bits per heavy atom. The third-order valence-corrected chi connectivity index (χ3v) is 4.95. The normalized spacial score (nSPS) is 16.1. The molecule has 7 nitrogen and oxygen atoms in total. The van der Waals surface area contributed by atoms with Crippen molar-refractivity contribution in [3.05, 3.63) is 18.2 Å². The van der Waals surface area contributed by atoms with E-state index in [9.17, 15) is 34.8 Å². The first-order valence-electron chi connectivity index (χ1n) is 7.55. The van der Waals surface area contributed by atoms with Crippen molar-refractivity contribution in [2.24, 2.45) is 4.99 Å². The number of fused-ring (bicyclic) bond motifs is 1. The van der Waals surface area contributed by atoms with Gasteiger partial charge in [-0.3, -0.25) is 5.43 Å². The number of para-hydroxylation sites is 1. The molecule has 0 aromatic heterocycles. The molecule has 1 aromatic rings. The number of nitrogens with zero attached hydrogens (tertiary/aromatic N) is 1. The zero-order valence-electron chi connectivity index (χ0n) is 14.4. The van der Waals surface area contributed by atoms with Gasteiger partial charge in [0, 0.05) is 0 Å². The first kappa shape index (κ1) is 22.1. The number of hydrogen-bond donors (Lipinski definition) is 2. The maximum absolute atomic E-state index is 12.9. The van der Waals surface area contributed by atoms with Crippen molar-refractivity contribution < 1.29 is 44.2 Å². The van der Waals surface area contributed by atoms with E-state index < -0.39 is 38.6 Å². The number of hydrazine groups is 1. The molecule has 0 amide bonds. The van der Waals surface area contributed by atoms with Crippen LogP contribution in [-0.4, -0.2) is 45.4 Å². The molecule has 0 bridgehead atoms. The third-order valence-electron chi connectivity index (χ3n) is 3.68. The first-order chi connectivity index (χ1) is 12.7. The topological polar surface area (TPSA) is 89.0 Å². The number of ether oxygens (including phenoxy) is 2. The summed E-state index contributed by atoms with van der Waals surface area (Å²) >= 11 is 0. The number of rotatable bonds is 4. The number of aliphatic imine (C=N–C) groups is 1. The standard InChI is InChI=1S/C14H15F6N3O4S/c1-8(21-12(2,13(15,16)17)14(18,19)20)22-23-28(24,25)10-5-3-4-9-11(10)27-7-6-26-9/h3-5,23H,6-7H2,1-2H3,(H,21,22). The largest absolute Gasteiger partial charge is 0.486 e. The van der Waals surface area contributed by atoms with Crippen LogP contribution in [0.15, 0.2) is 28.1 Å². The number of amidine groups is 1. The van der Waals surface area contributed by atoms with Gasteiger partial charge in [-0.2, -0.15) is 26.3 Å². The van der Waals surface area contributed by atoms with E-state index in [0.717, 1.165) is 13.0 Å². The quantitative estimate of drug-likeness (QED) is 0.329.